The van der Waals surface area contributed by atoms with E-state index < -0.39 is 0 Å². The van der Waals surface area contributed by atoms with Crippen molar-refractivity contribution in [3.8, 4) is 0 Å². The van der Waals surface area contributed by atoms with Crippen molar-refractivity contribution in [2.45, 2.75) is 6.92 Å². The van der Waals surface area contributed by atoms with E-state index in [4.69, 9.17) is 5.73 Å². The van der Waals surface area contributed by atoms with Crippen molar-refractivity contribution >= 4 is 33.2 Å². The molecule has 0 aromatic heterocycles. The minimum absolute atomic E-state index is 0.156. The standard InChI is InChI=1S/C14H13BrN2O/c1-9-12(16)7-4-8-13(9)17-14(18)10-5-2-3-6-11(10)15/h2-8H,16H2,1H3,(H,17,18). The fourth-order valence-electron chi connectivity index (χ4n) is 1.62. The Kier molecular flexibility index (Phi) is 3.67. The number of rotatable bonds is 2. The van der Waals surface area contributed by atoms with Crippen molar-refractivity contribution in [2.24, 2.45) is 0 Å². The molecule has 0 fully saturated rings. The lowest BCUT2D eigenvalue weighted by Crippen LogP contribution is -2.13. The number of nitrogens with two attached hydrogens (primary N) is 1. The maximum atomic E-state index is 12.1. The summed E-state index contributed by atoms with van der Waals surface area (Å²) in [5.74, 6) is -0.156. The van der Waals surface area contributed by atoms with Crippen LogP contribution in [-0.4, -0.2) is 5.91 Å². The van der Waals surface area contributed by atoms with Gasteiger partial charge in [-0.15, -0.1) is 0 Å². The highest BCUT2D eigenvalue weighted by Crippen LogP contribution is 2.22. The summed E-state index contributed by atoms with van der Waals surface area (Å²) in [7, 11) is 0. The van der Waals surface area contributed by atoms with Gasteiger partial charge >= 0.3 is 0 Å². The van der Waals surface area contributed by atoms with Gasteiger partial charge in [0.05, 0.1) is 5.56 Å². The second kappa shape index (κ2) is 5.23. The summed E-state index contributed by atoms with van der Waals surface area (Å²) in [6, 6.07) is 12.8. The zero-order chi connectivity index (χ0) is 13.1. The lowest BCUT2D eigenvalue weighted by Gasteiger charge is -2.10. The van der Waals surface area contributed by atoms with Crippen LogP contribution in [0.5, 0.6) is 0 Å². The molecule has 18 heavy (non-hydrogen) atoms. The van der Waals surface area contributed by atoms with Crippen LogP contribution in [0.3, 0.4) is 0 Å². The Morgan fingerprint density at radius 3 is 2.61 bits per heavy atom. The van der Waals surface area contributed by atoms with Crippen LogP contribution in [0.15, 0.2) is 46.9 Å². The van der Waals surface area contributed by atoms with E-state index in [-0.39, 0.29) is 5.91 Å². The molecule has 2 aromatic carbocycles. The number of hydrogen-bond donors (Lipinski definition) is 2. The Morgan fingerprint density at radius 1 is 1.17 bits per heavy atom. The van der Waals surface area contributed by atoms with Gasteiger partial charge in [0, 0.05) is 15.8 Å². The highest BCUT2D eigenvalue weighted by atomic mass is 79.9. The summed E-state index contributed by atoms with van der Waals surface area (Å²) in [4.78, 5) is 12.1. The van der Waals surface area contributed by atoms with Crippen LogP contribution in [-0.2, 0) is 0 Å². The van der Waals surface area contributed by atoms with Gasteiger partial charge in [0.15, 0.2) is 0 Å². The van der Waals surface area contributed by atoms with Gasteiger partial charge in [-0.1, -0.05) is 18.2 Å². The largest absolute Gasteiger partial charge is 0.398 e. The molecule has 3 nitrogen and oxygen atoms in total. The Labute approximate surface area is 114 Å². The highest BCUT2D eigenvalue weighted by molar-refractivity contribution is 9.10. The highest BCUT2D eigenvalue weighted by Gasteiger charge is 2.11. The Bertz CT molecular complexity index is 596. The fourth-order valence-corrected chi connectivity index (χ4v) is 2.09. The van der Waals surface area contributed by atoms with E-state index in [2.05, 4.69) is 21.2 Å². The maximum Gasteiger partial charge on any atom is 0.256 e. The van der Waals surface area contributed by atoms with Gasteiger partial charge in [0.2, 0.25) is 0 Å². The van der Waals surface area contributed by atoms with Gasteiger partial charge in [-0.05, 0) is 52.7 Å². The van der Waals surface area contributed by atoms with Gasteiger partial charge < -0.3 is 11.1 Å². The topological polar surface area (TPSA) is 55.1 Å². The van der Waals surface area contributed by atoms with Crippen LogP contribution >= 0.6 is 15.9 Å². The number of amides is 1. The molecular weight excluding hydrogens is 292 g/mol. The first kappa shape index (κ1) is 12.6. The van der Waals surface area contributed by atoms with Crippen LogP contribution in [0.1, 0.15) is 15.9 Å². The van der Waals surface area contributed by atoms with E-state index in [1.165, 1.54) is 0 Å². The number of carbonyl (C=O) groups excluding carboxylic acids is 1. The molecule has 0 aliphatic heterocycles. The van der Waals surface area contributed by atoms with Crippen molar-refractivity contribution < 1.29 is 4.79 Å². The van der Waals surface area contributed by atoms with Crippen molar-refractivity contribution in [2.75, 3.05) is 11.1 Å². The second-order valence-electron chi connectivity index (χ2n) is 3.95. The van der Waals surface area contributed by atoms with Crippen LogP contribution in [0, 0.1) is 6.92 Å². The molecule has 1 amide bonds. The third-order valence-corrected chi connectivity index (χ3v) is 3.43. The molecule has 4 heteroatoms. The Balaban J connectivity index is 2.27. The minimum Gasteiger partial charge on any atom is -0.398 e. The molecule has 0 aliphatic rings. The van der Waals surface area contributed by atoms with Crippen molar-refractivity contribution in [3.63, 3.8) is 0 Å². The van der Waals surface area contributed by atoms with Crippen LogP contribution in [0.4, 0.5) is 11.4 Å². The summed E-state index contributed by atoms with van der Waals surface area (Å²) < 4.78 is 0.768. The molecule has 0 aliphatic carbocycles. The first-order valence-corrected chi connectivity index (χ1v) is 6.30. The van der Waals surface area contributed by atoms with Gasteiger partial charge in [-0.2, -0.15) is 0 Å². The predicted molar refractivity (Wildman–Crippen MR) is 77.7 cm³/mol. The smallest absolute Gasteiger partial charge is 0.256 e. The summed E-state index contributed by atoms with van der Waals surface area (Å²) in [5.41, 5.74) is 8.67. The van der Waals surface area contributed by atoms with Crippen LogP contribution in [0.2, 0.25) is 0 Å². The van der Waals surface area contributed by atoms with Gasteiger partial charge in [0.1, 0.15) is 0 Å². The number of benzene rings is 2. The molecule has 0 atom stereocenters. The molecule has 0 bridgehead atoms. The lowest BCUT2D eigenvalue weighted by molar-refractivity contribution is 0.102. The van der Waals surface area contributed by atoms with E-state index in [1.807, 2.05) is 43.3 Å². The quantitative estimate of drug-likeness (QED) is 0.833. The summed E-state index contributed by atoms with van der Waals surface area (Å²) in [5, 5.41) is 2.86. The number of hydrogen-bond acceptors (Lipinski definition) is 2. The molecular formula is C14H13BrN2O. The number of nitrogens with one attached hydrogen (secondary N) is 1. The van der Waals surface area contributed by atoms with Gasteiger partial charge in [-0.25, -0.2) is 0 Å². The Morgan fingerprint density at radius 2 is 1.89 bits per heavy atom. The van der Waals surface area contributed by atoms with Gasteiger partial charge in [0.25, 0.3) is 5.91 Å². The normalized spacial score (nSPS) is 10.1. The number of anilines is 2. The molecule has 2 rings (SSSR count). The van der Waals surface area contributed by atoms with Gasteiger partial charge in [-0.3, -0.25) is 4.79 Å². The van der Waals surface area contributed by atoms with E-state index >= 15 is 0 Å². The molecule has 0 spiro atoms. The zero-order valence-electron chi connectivity index (χ0n) is 9.91. The molecule has 2 aromatic rings. The maximum absolute atomic E-state index is 12.1. The molecule has 92 valence electrons. The second-order valence-corrected chi connectivity index (χ2v) is 4.81. The monoisotopic (exact) mass is 304 g/mol. The van der Waals surface area contributed by atoms with Crippen molar-refractivity contribution in [1.29, 1.82) is 0 Å². The lowest BCUT2D eigenvalue weighted by atomic mass is 10.1. The van der Waals surface area contributed by atoms with Crippen molar-refractivity contribution in [1.82, 2.24) is 0 Å². The zero-order valence-corrected chi connectivity index (χ0v) is 11.5. The van der Waals surface area contributed by atoms with Crippen molar-refractivity contribution in [3.05, 3.63) is 58.1 Å². The summed E-state index contributed by atoms with van der Waals surface area (Å²) >= 11 is 3.36. The minimum atomic E-state index is -0.156. The Hall–Kier alpha value is -1.81. The third kappa shape index (κ3) is 2.54. The average Bonchev–Trinajstić information content (AvgIpc) is 2.35. The molecule has 0 radical (unpaired) electrons. The summed E-state index contributed by atoms with van der Waals surface area (Å²) in [6.07, 6.45) is 0. The average molecular weight is 305 g/mol. The van der Waals surface area contributed by atoms with E-state index in [9.17, 15) is 4.79 Å². The first-order valence-electron chi connectivity index (χ1n) is 5.50. The summed E-state index contributed by atoms with van der Waals surface area (Å²) in [6.45, 7) is 1.88. The molecule has 3 N–H and O–H groups in total. The molecule has 0 saturated heterocycles. The molecule has 0 heterocycles. The molecule has 0 saturated carbocycles. The third-order valence-electron chi connectivity index (χ3n) is 2.74. The molecule has 0 unspecified atom stereocenters. The van der Waals surface area contributed by atoms with Crippen LogP contribution in [0.25, 0.3) is 0 Å². The van der Waals surface area contributed by atoms with Crippen LogP contribution < -0.4 is 11.1 Å². The first-order chi connectivity index (χ1) is 8.59. The van der Waals surface area contributed by atoms with E-state index in [0.717, 1.165) is 15.7 Å². The SMILES string of the molecule is Cc1c(N)cccc1NC(=O)c1ccccc1Br. The number of nitrogen functional groups attached to an aromatic ring is 1. The van der Waals surface area contributed by atoms with E-state index in [1.54, 1.807) is 6.07 Å². The fraction of sp³-hybridized carbons (Fsp3) is 0.0714. The van der Waals surface area contributed by atoms with E-state index in [0.29, 0.717) is 11.3 Å². The number of halogens is 1. The predicted octanol–water partition coefficient (Wildman–Crippen LogP) is 3.59. The number of carbonyl (C=O) groups is 1.